The topological polar surface area (TPSA) is 94.3 Å². The SMILES string of the molecule is COc1ccc(NS(=O)(=O)c2ccc(-c3nnc(C4CCC4)o3)s2)cc1Cl. The Balaban J connectivity index is 1.54. The molecular formula is C17H16ClN3O4S2. The molecule has 4 rings (SSSR count). The maximum atomic E-state index is 12.6. The zero-order valence-electron chi connectivity index (χ0n) is 14.3. The van der Waals surface area contributed by atoms with Crippen molar-refractivity contribution in [2.45, 2.75) is 29.4 Å². The predicted molar refractivity (Wildman–Crippen MR) is 103 cm³/mol. The van der Waals surface area contributed by atoms with Gasteiger partial charge in [-0.25, -0.2) is 8.42 Å². The molecule has 0 saturated heterocycles. The molecule has 0 radical (unpaired) electrons. The summed E-state index contributed by atoms with van der Waals surface area (Å²) in [6.07, 6.45) is 3.28. The number of rotatable bonds is 6. The molecule has 1 fully saturated rings. The Morgan fingerprint density at radius 2 is 2.07 bits per heavy atom. The Bertz CT molecular complexity index is 1070. The standard InChI is InChI=1S/C17H16ClN3O4S2/c1-24-13-6-5-11(9-12(13)18)21-27(22,23)15-8-7-14(26-15)17-20-19-16(25-17)10-3-2-4-10/h5-10,21H,2-4H2,1H3. The van der Waals surface area contributed by atoms with Crippen LogP contribution in [0.4, 0.5) is 5.69 Å². The van der Waals surface area contributed by atoms with Gasteiger partial charge in [0.25, 0.3) is 15.9 Å². The fourth-order valence-electron chi connectivity index (χ4n) is 2.67. The van der Waals surface area contributed by atoms with Crippen molar-refractivity contribution in [2.75, 3.05) is 11.8 Å². The first kappa shape index (κ1) is 18.3. The average molecular weight is 426 g/mol. The van der Waals surface area contributed by atoms with Crippen molar-refractivity contribution in [1.82, 2.24) is 10.2 Å². The Morgan fingerprint density at radius 1 is 1.26 bits per heavy atom. The number of nitrogens with one attached hydrogen (secondary N) is 1. The van der Waals surface area contributed by atoms with Crippen LogP contribution in [-0.2, 0) is 10.0 Å². The lowest BCUT2D eigenvalue weighted by Crippen LogP contribution is -2.11. The summed E-state index contributed by atoms with van der Waals surface area (Å²) in [7, 11) is -2.27. The maximum Gasteiger partial charge on any atom is 0.271 e. The summed E-state index contributed by atoms with van der Waals surface area (Å²) in [5.41, 5.74) is 0.348. The Labute approximate surface area is 165 Å². The van der Waals surface area contributed by atoms with Crippen molar-refractivity contribution in [3.8, 4) is 16.5 Å². The van der Waals surface area contributed by atoms with Crippen molar-refractivity contribution in [1.29, 1.82) is 0 Å². The molecule has 3 aromatic rings. The molecule has 0 unspecified atom stereocenters. The summed E-state index contributed by atoms with van der Waals surface area (Å²) in [4.78, 5) is 0.612. The Morgan fingerprint density at radius 3 is 2.74 bits per heavy atom. The van der Waals surface area contributed by atoms with E-state index in [-0.39, 0.29) is 4.21 Å². The van der Waals surface area contributed by atoms with Gasteiger partial charge in [-0.2, -0.15) is 0 Å². The molecule has 1 saturated carbocycles. The largest absolute Gasteiger partial charge is 0.495 e. The number of anilines is 1. The maximum absolute atomic E-state index is 12.6. The number of thiophene rings is 1. The third-order valence-corrected chi connectivity index (χ3v) is 7.60. The molecule has 2 aromatic heterocycles. The second-order valence-electron chi connectivity index (χ2n) is 6.15. The van der Waals surface area contributed by atoms with Crippen LogP contribution in [0.2, 0.25) is 5.02 Å². The van der Waals surface area contributed by atoms with Crippen LogP contribution >= 0.6 is 22.9 Å². The van der Waals surface area contributed by atoms with E-state index in [4.69, 9.17) is 20.8 Å². The Kier molecular flexibility index (Phi) is 4.83. The van der Waals surface area contributed by atoms with E-state index in [1.807, 2.05) is 0 Å². The van der Waals surface area contributed by atoms with E-state index < -0.39 is 10.0 Å². The molecule has 142 valence electrons. The first-order valence-corrected chi connectivity index (χ1v) is 10.9. The van der Waals surface area contributed by atoms with Gasteiger partial charge < -0.3 is 9.15 Å². The van der Waals surface area contributed by atoms with Crippen LogP contribution in [0.3, 0.4) is 0 Å². The molecule has 10 heteroatoms. The van der Waals surface area contributed by atoms with Gasteiger partial charge in [0.15, 0.2) is 0 Å². The molecular weight excluding hydrogens is 410 g/mol. The van der Waals surface area contributed by atoms with Crippen LogP contribution < -0.4 is 9.46 Å². The van der Waals surface area contributed by atoms with E-state index in [9.17, 15) is 8.42 Å². The molecule has 1 N–H and O–H groups in total. The average Bonchev–Trinajstić information content (AvgIpc) is 3.22. The van der Waals surface area contributed by atoms with E-state index in [0.717, 1.165) is 24.2 Å². The third-order valence-electron chi connectivity index (χ3n) is 4.36. The minimum atomic E-state index is -3.76. The highest BCUT2D eigenvalue weighted by molar-refractivity contribution is 7.94. The summed E-state index contributed by atoms with van der Waals surface area (Å²) in [6, 6.07) is 7.86. The molecule has 0 bridgehead atoms. The first-order chi connectivity index (χ1) is 13.0. The van der Waals surface area contributed by atoms with Crippen molar-refractivity contribution in [2.24, 2.45) is 0 Å². The summed E-state index contributed by atoms with van der Waals surface area (Å²) in [5, 5.41) is 8.44. The summed E-state index contributed by atoms with van der Waals surface area (Å²) < 4.78 is 38.7. The second-order valence-corrected chi connectivity index (χ2v) is 9.55. The summed E-state index contributed by atoms with van der Waals surface area (Å²) in [5.74, 6) is 1.77. The van der Waals surface area contributed by atoms with Gasteiger partial charge >= 0.3 is 0 Å². The quantitative estimate of drug-likeness (QED) is 0.623. The number of ether oxygens (including phenoxy) is 1. The van der Waals surface area contributed by atoms with Crippen LogP contribution in [-0.4, -0.2) is 25.7 Å². The molecule has 1 aromatic carbocycles. The molecule has 1 aliphatic rings. The van der Waals surface area contributed by atoms with Gasteiger partial charge in [-0.1, -0.05) is 18.0 Å². The van der Waals surface area contributed by atoms with Crippen molar-refractivity contribution < 1.29 is 17.6 Å². The van der Waals surface area contributed by atoms with Gasteiger partial charge in [0.2, 0.25) is 5.89 Å². The van der Waals surface area contributed by atoms with Gasteiger partial charge in [0.05, 0.1) is 22.7 Å². The van der Waals surface area contributed by atoms with Gasteiger partial charge in [0, 0.05) is 5.92 Å². The smallest absolute Gasteiger partial charge is 0.271 e. The fourth-order valence-corrected chi connectivity index (χ4v) is 5.20. The van der Waals surface area contributed by atoms with Crippen LogP contribution in [0.15, 0.2) is 39.0 Å². The number of sulfonamides is 1. The molecule has 0 spiro atoms. The Hall–Kier alpha value is -2.10. The highest BCUT2D eigenvalue weighted by Crippen LogP contribution is 2.38. The van der Waals surface area contributed by atoms with Crippen LogP contribution in [0, 0.1) is 0 Å². The van der Waals surface area contributed by atoms with Gasteiger partial charge in [0.1, 0.15) is 9.96 Å². The number of hydrogen-bond donors (Lipinski definition) is 1. The molecule has 0 aliphatic heterocycles. The normalized spacial score (nSPS) is 14.7. The molecule has 1 aliphatic carbocycles. The van der Waals surface area contributed by atoms with Crippen LogP contribution in [0.1, 0.15) is 31.1 Å². The van der Waals surface area contributed by atoms with Gasteiger partial charge in [-0.05, 0) is 43.2 Å². The number of hydrogen-bond acceptors (Lipinski definition) is 7. The number of nitrogens with zero attached hydrogens (tertiary/aromatic N) is 2. The van der Waals surface area contributed by atoms with Crippen molar-refractivity contribution in [3.63, 3.8) is 0 Å². The monoisotopic (exact) mass is 425 g/mol. The van der Waals surface area contributed by atoms with Crippen LogP contribution in [0.5, 0.6) is 5.75 Å². The first-order valence-electron chi connectivity index (χ1n) is 8.26. The van der Waals surface area contributed by atoms with Crippen molar-refractivity contribution >= 4 is 38.6 Å². The van der Waals surface area contributed by atoms with E-state index >= 15 is 0 Å². The minimum Gasteiger partial charge on any atom is -0.495 e. The number of halogens is 1. The van der Waals surface area contributed by atoms with Crippen molar-refractivity contribution in [3.05, 3.63) is 41.2 Å². The highest BCUT2D eigenvalue weighted by atomic mass is 35.5. The minimum absolute atomic E-state index is 0.146. The molecule has 0 amide bonds. The number of aromatic nitrogens is 2. The molecule has 0 atom stereocenters. The van der Waals surface area contributed by atoms with E-state index in [1.54, 1.807) is 18.2 Å². The number of methoxy groups -OCH3 is 1. The lowest BCUT2D eigenvalue weighted by atomic mass is 9.85. The lowest BCUT2D eigenvalue weighted by molar-refractivity contribution is 0.338. The molecule has 27 heavy (non-hydrogen) atoms. The molecule has 2 heterocycles. The lowest BCUT2D eigenvalue weighted by Gasteiger charge is -2.20. The van der Waals surface area contributed by atoms with E-state index in [0.29, 0.717) is 39.0 Å². The zero-order valence-corrected chi connectivity index (χ0v) is 16.7. The summed E-state index contributed by atoms with van der Waals surface area (Å²) in [6.45, 7) is 0. The summed E-state index contributed by atoms with van der Waals surface area (Å²) >= 11 is 7.12. The zero-order chi connectivity index (χ0) is 19.0. The van der Waals surface area contributed by atoms with E-state index in [2.05, 4.69) is 14.9 Å². The number of benzene rings is 1. The second kappa shape index (κ2) is 7.14. The van der Waals surface area contributed by atoms with E-state index in [1.165, 1.54) is 25.7 Å². The predicted octanol–water partition coefficient (Wildman–Crippen LogP) is 4.53. The van der Waals surface area contributed by atoms with Gasteiger partial charge in [-0.3, -0.25) is 4.72 Å². The fraction of sp³-hybridized carbons (Fsp3) is 0.294. The highest BCUT2D eigenvalue weighted by Gasteiger charge is 2.26. The molecule has 7 nitrogen and oxygen atoms in total. The third kappa shape index (κ3) is 3.67. The van der Waals surface area contributed by atoms with Gasteiger partial charge in [-0.15, -0.1) is 21.5 Å². The van der Waals surface area contributed by atoms with Crippen LogP contribution in [0.25, 0.3) is 10.8 Å².